The number of anilines is 1. The van der Waals surface area contributed by atoms with Gasteiger partial charge in [0.15, 0.2) is 23.1 Å². The minimum atomic E-state index is -0.866. The number of esters is 1. The molecule has 2 N–H and O–H groups in total. The van der Waals surface area contributed by atoms with Crippen LogP contribution >= 0.6 is 0 Å². The highest BCUT2D eigenvalue weighted by Crippen LogP contribution is 2.28. The van der Waals surface area contributed by atoms with Crippen LogP contribution in [0, 0.1) is 0 Å². The van der Waals surface area contributed by atoms with E-state index >= 15 is 0 Å². The Kier molecular flexibility index (Phi) is 5.18. The first-order valence-electron chi connectivity index (χ1n) is 9.67. The molecule has 0 spiro atoms. The molecule has 29 heavy (non-hydrogen) atoms. The summed E-state index contributed by atoms with van der Waals surface area (Å²) in [6, 6.07) is -0.866. The number of nitrogens with zero attached hydrogens (tertiary/aromatic N) is 6. The van der Waals surface area contributed by atoms with Crippen LogP contribution in [0.4, 0.5) is 10.6 Å². The highest BCUT2D eigenvalue weighted by molar-refractivity contribution is 5.93. The molecule has 2 fully saturated rings. The minimum Gasteiger partial charge on any atom is -0.463 e. The van der Waals surface area contributed by atoms with Gasteiger partial charge in [-0.1, -0.05) is 5.21 Å². The third-order valence-electron chi connectivity index (χ3n) is 5.19. The van der Waals surface area contributed by atoms with Gasteiger partial charge < -0.3 is 20.1 Å². The molecular formula is C17H23N7O5. The van der Waals surface area contributed by atoms with Crippen molar-refractivity contribution in [1.29, 1.82) is 0 Å². The molecule has 0 aromatic carbocycles. The molecule has 1 amide bonds. The summed E-state index contributed by atoms with van der Waals surface area (Å²) in [5.74, 6) is 0.0429. The average molecular weight is 405 g/mol. The molecule has 4 heterocycles. The smallest absolute Gasteiger partial charge is 0.340 e. The van der Waals surface area contributed by atoms with Crippen molar-refractivity contribution in [2.45, 2.75) is 51.4 Å². The second kappa shape index (κ2) is 7.78. The van der Waals surface area contributed by atoms with Gasteiger partial charge in [-0.3, -0.25) is 9.59 Å². The lowest BCUT2D eigenvalue weighted by Crippen LogP contribution is -2.32. The van der Waals surface area contributed by atoms with Crippen LogP contribution in [0.3, 0.4) is 0 Å². The van der Waals surface area contributed by atoms with E-state index in [4.69, 9.17) is 15.2 Å². The number of piperidine rings is 1. The molecule has 2 aromatic heterocycles. The third-order valence-corrected chi connectivity index (χ3v) is 5.19. The normalized spacial score (nSPS) is 22.2. The van der Waals surface area contributed by atoms with Crippen LogP contribution in [0.15, 0.2) is 4.79 Å². The van der Waals surface area contributed by atoms with Gasteiger partial charge in [-0.05, 0) is 32.1 Å². The summed E-state index contributed by atoms with van der Waals surface area (Å²) in [5.41, 5.74) is 5.14. The van der Waals surface area contributed by atoms with Crippen LogP contribution in [-0.2, 0) is 14.3 Å². The number of fused-ring (bicyclic) bond motifs is 1. The minimum absolute atomic E-state index is 0.0138. The van der Waals surface area contributed by atoms with E-state index in [0.717, 1.165) is 41.7 Å². The summed E-state index contributed by atoms with van der Waals surface area (Å²) < 4.78 is 12.7. The zero-order valence-electron chi connectivity index (χ0n) is 16.1. The molecule has 2 aliphatic heterocycles. The maximum absolute atomic E-state index is 13.1. The molecule has 2 atom stereocenters. The first-order chi connectivity index (χ1) is 14.0. The second-order valence-electron chi connectivity index (χ2n) is 7.25. The number of ether oxygens (including phenoxy) is 2. The van der Waals surface area contributed by atoms with Crippen LogP contribution in [0.1, 0.15) is 45.3 Å². The van der Waals surface area contributed by atoms with E-state index in [1.165, 1.54) is 6.92 Å². The van der Waals surface area contributed by atoms with E-state index in [1.807, 2.05) is 4.90 Å². The number of hydrogen-bond donors (Lipinski definition) is 1. The quantitative estimate of drug-likeness (QED) is 0.702. The summed E-state index contributed by atoms with van der Waals surface area (Å²) in [4.78, 5) is 38.0. The van der Waals surface area contributed by atoms with Crippen molar-refractivity contribution in [1.82, 2.24) is 24.8 Å². The van der Waals surface area contributed by atoms with Crippen LogP contribution in [0.25, 0.3) is 11.0 Å². The lowest BCUT2D eigenvalue weighted by Gasteiger charge is -2.26. The maximum atomic E-state index is 13.1. The molecule has 12 heteroatoms. The third kappa shape index (κ3) is 3.67. The SMILES string of the molecule is CC(=O)OCC1CCC(n2nnc3c(N4CCCCC4)nn(C(N)=O)c3c2=O)O1. The number of primary amides is 1. The van der Waals surface area contributed by atoms with Crippen molar-refractivity contribution in [3.63, 3.8) is 0 Å². The van der Waals surface area contributed by atoms with Gasteiger partial charge in [0.1, 0.15) is 6.61 Å². The zero-order valence-corrected chi connectivity index (χ0v) is 16.1. The van der Waals surface area contributed by atoms with Gasteiger partial charge in [0.25, 0.3) is 5.56 Å². The Morgan fingerprint density at radius 3 is 2.69 bits per heavy atom. The molecule has 0 radical (unpaired) electrons. The van der Waals surface area contributed by atoms with Gasteiger partial charge in [0.2, 0.25) is 0 Å². The average Bonchev–Trinajstić information content (AvgIpc) is 3.32. The van der Waals surface area contributed by atoms with Crippen molar-refractivity contribution in [3.05, 3.63) is 10.4 Å². The standard InChI is InChI=1S/C17H23N7O5/c1-10(25)28-9-11-5-6-12(29-11)23-16(26)14-13(19-21-23)15(20-24(14)17(18)27)22-7-3-2-4-8-22/h11-12H,2-9H2,1H3,(H2,18,27). The molecule has 4 rings (SSSR count). The molecule has 0 aliphatic carbocycles. The Balaban J connectivity index is 1.68. The molecule has 2 aromatic rings. The van der Waals surface area contributed by atoms with Gasteiger partial charge in [0.05, 0.1) is 6.10 Å². The fraction of sp³-hybridized carbons (Fsp3) is 0.647. The number of nitrogens with two attached hydrogens (primary N) is 1. The highest BCUT2D eigenvalue weighted by Gasteiger charge is 2.32. The molecule has 2 saturated heterocycles. The molecule has 12 nitrogen and oxygen atoms in total. The number of amides is 1. The Hall–Kier alpha value is -3.02. The fourth-order valence-electron chi connectivity index (χ4n) is 3.79. The topological polar surface area (TPSA) is 147 Å². The van der Waals surface area contributed by atoms with Crippen molar-refractivity contribution < 1.29 is 19.1 Å². The first kappa shape index (κ1) is 19.3. The van der Waals surface area contributed by atoms with E-state index in [1.54, 1.807) is 0 Å². The first-order valence-corrected chi connectivity index (χ1v) is 9.67. The molecule has 2 aliphatic rings. The van der Waals surface area contributed by atoms with Gasteiger partial charge >= 0.3 is 12.0 Å². The Bertz CT molecular complexity index is 994. The Labute approximate surface area is 165 Å². The second-order valence-corrected chi connectivity index (χ2v) is 7.25. The Morgan fingerprint density at radius 2 is 2.00 bits per heavy atom. The summed E-state index contributed by atoms with van der Waals surface area (Å²) in [5, 5.41) is 12.5. The van der Waals surface area contributed by atoms with Crippen molar-refractivity contribution >= 4 is 28.9 Å². The van der Waals surface area contributed by atoms with Crippen LogP contribution in [0.2, 0.25) is 0 Å². The van der Waals surface area contributed by atoms with E-state index in [9.17, 15) is 14.4 Å². The molecule has 2 unspecified atom stereocenters. The van der Waals surface area contributed by atoms with Gasteiger partial charge in [-0.25, -0.2) is 4.79 Å². The predicted octanol–water partition coefficient (Wildman–Crippen LogP) is 0.146. The summed E-state index contributed by atoms with van der Waals surface area (Å²) in [6.45, 7) is 2.95. The zero-order chi connectivity index (χ0) is 20.5. The van der Waals surface area contributed by atoms with E-state index in [-0.39, 0.29) is 23.7 Å². The lowest BCUT2D eigenvalue weighted by atomic mass is 10.1. The highest BCUT2D eigenvalue weighted by atomic mass is 16.6. The van der Waals surface area contributed by atoms with Crippen LogP contribution < -0.4 is 16.2 Å². The number of carbonyl (C=O) groups excluding carboxylic acids is 2. The fourth-order valence-corrected chi connectivity index (χ4v) is 3.79. The molecule has 0 bridgehead atoms. The molecule has 156 valence electrons. The Morgan fingerprint density at radius 1 is 1.24 bits per heavy atom. The monoisotopic (exact) mass is 405 g/mol. The number of hydrogen-bond acceptors (Lipinski definition) is 9. The maximum Gasteiger partial charge on any atom is 0.340 e. The number of rotatable bonds is 4. The predicted molar refractivity (Wildman–Crippen MR) is 100 cm³/mol. The van der Waals surface area contributed by atoms with E-state index < -0.39 is 23.8 Å². The summed E-state index contributed by atoms with van der Waals surface area (Å²) in [7, 11) is 0. The van der Waals surface area contributed by atoms with Gasteiger partial charge in [0, 0.05) is 20.0 Å². The van der Waals surface area contributed by atoms with Crippen molar-refractivity contribution in [2.24, 2.45) is 5.73 Å². The lowest BCUT2D eigenvalue weighted by molar-refractivity contribution is -0.145. The van der Waals surface area contributed by atoms with Crippen molar-refractivity contribution in [3.8, 4) is 0 Å². The van der Waals surface area contributed by atoms with Gasteiger partial charge in [-0.2, -0.15) is 9.36 Å². The van der Waals surface area contributed by atoms with Crippen LogP contribution in [-0.4, -0.2) is 62.6 Å². The van der Waals surface area contributed by atoms with Gasteiger partial charge in [-0.15, -0.1) is 10.2 Å². The van der Waals surface area contributed by atoms with E-state index in [0.29, 0.717) is 18.7 Å². The molecular weight excluding hydrogens is 382 g/mol. The summed E-state index contributed by atoms with van der Waals surface area (Å²) >= 11 is 0. The van der Waals surface area contributed by atoms with Crippen LogP contribution in [0.5, 0.6) is 0 Å². The van der Waals surface area contributed by atoms with Crippen molar-refractivity contribution in [2.75, 3.05) is 24.6 Å². The number of aromatic nitrogens is 5. The molecule has 0 saturated carbocycles. The largest absolute Gasteiger partial charge is 0.463 e. The summed E-state index contributed by atoms with van der Waals surface area (Å²) in [6.07, 6.45) is 3.20. The van der Waals surface area contributed by atoms with E-state index in [2.05, 4.69) is 15.4 Å². The number of carbonyl (C=O) groups is 2.